The highest BCUT2D eigenvalue weighted by Crippen LogP contribution is 2.02. The van der Waals surface area contributed by atoms with E-state index in [4.69, 9.17) is 0 Å². The summed E-state index contributed by atoms with van der Waals surface area (Å²) in [4.78, 5) is 8.43. The Morgan fingerprint density at radius 1 is 0.727 bits per heavy atom. The van der Waals surface area contributed by atoms with Gasteiger partial charge >= 0.3 is 0 Å². The Labute approximate surface area is 125 Å². The van der Waals surface area contributed by atoms with E-state index in [2.05, 4.69) is 43.8 Å². The largest absolute Gasteiger partial charge is 0.234 e. The fourth-order valence-electron chi connectivity index (χ4n) is 2.02. The molecule has 6 nitrogen and oxygen atoms in total. The smallest absolute Gasteiger partial charge is 0.154 e. The summed E-state index contributed by atoms with van der Waals surface area (Å²) in [5.41, 5.74) is 2.90. The van der Waals surface area contributed by atoms with Crippen LogP contribution >= 0.6 is 0 Å². The summed E-state index contributed by atoms with van der Waals surface area (Å²) in [5, 5.41) is 8.38. The fraction of sp³-hybridized carbons (Fsp3) is 0. The maximum absolute atomic E-state index is 4.21. The van der Waals surface area contributed by atoms with Gasteiger partial charge in [0.25, 0.3) is 0 Å². The topological polar surface area (TPSA) is 60.4 Å². The second kappa shape index (κ2) is 5.04. The van der Waals surface area contributed by atoms with E-state index < -0.39 is 0 Å². The second-order valence-electron chi connectivity index (χ2n) is 4.37. The summed E-state index contributed by atoms with van der Waals surface area (Å²) in [5.74, 6) is 11.5. The van der Waals surface area contributed by atoms with Gasteiger partial charge in [0, 0.05) is 12.4 Å². The lowest BCUT2D eigenvalue weighted by Gasteiger charge is -1.90. The monoisotopic (exact) mass is 284 g/mol. The summed E-state index contributed by atoms with van der Waals surface area (Å²) in [7, 11) is 0. The van der Waals surface area contributed by atoms with Gasteiger partial charge in [-0.15, -0.1) is 0 Å². The molecule has 6 heteroatoms. The van der Waals surface area contributed by atoms with Crippen molar-refractivity contribution in [3.05, 3.63) is 60.4 Å². The molecule has 0 aromatic carbocycles. The molecule has 4 aromatic rings. The van der Waals surface area contributed by atoms with E-state index in [9.17, 15) is 0 Å². The van der Waals surface area contributed by atoms with Crippen LogP contribution in [0.15, 0.2) is 49.1 Å². The predicted molar refractivity (Wildman–Crippen MR) is 79.7 cm³/mol. The second-order valence-corrected chi connectivity index (χ2v) is 4.37. The third-order valence-electron chi connectivity index (χ3n) is 3.00. The Kier molecular flexibility index (Phi) is 2.78. The number of aromatic nitrogens is 6. The quantitative estimate of drug-likeness (QED) is 0.455. The van der Waals surface area contributed by atoms with Crippen molar-refractivity contribution in [1.29, 1.82) is 0 Å². The molecule has 0 spiro atoms. The highest BCUT2D eigenvalue weighted by Gasteiger charge is 2.00. The van der Waals surface area contributed by atoms with Gasteiger partial charge in [-0.2, -0.15) is 10.2 Å². The molecule has 22 heavy (non-hydrogen) atoms. The Bertz CT molecular complexity index is 1010. The minimum absolute atomic E-state index is 0.696. The molecule has 0 unspecified atom stereocenters. The molecule has 0 amide bonds. The Balaban J connectivity index is 1.67. The number of rotatable bonds is 0. The normalized spacial score (nSPS) is 10.0. The average molecular weight is 284 g/mol. The summed E-state index contributed by atoms with van der Waals surface area (Å²) >= 11 is 0. The molecule has 0 saturated carbocycles. The van der Waals surface area contributed by atoms with Crippen LogP contribution in [0.5, 0.6) is 0 Å². The fourth-order valence-corrected chi connectivity index (χ4v) is 2.02. The molecule has 0 bridgehead atoms. The van der Waals surface area contributed by atoms with E-state index in [1.807, 2.05) is 24.3 Å². The van der Waals surface area contributed by atoms with Crippen LogP contribution in [-0.2, 0) is 0 Å². The van der Waals surface area contributed by atoms with Crippen LogP contribution in [0.2, 0.25) is 0 Å². The molecule has 4 heterocycles. The van der Waals surface area contributed by atoms with Crippen molar-refractivity contribution in [2.24, 2.45) is 0 Å². The number of nitrogens with zero attached hydrogens (tertiary/aromatic N) is 6. The molecule has 0 radical (unpaired) electrons. The Hall–Kier alpha value is -3.64. The van der Waals surface area contributed by atoms with E-state index in [0.717, 1.165) is 11.3 Å². The number of fused-ring (bicyclic) bond motifs is 2. The summed E-state index contributed by atoms with van der Waals surface area (Å²) in [6.45, 7) is 0. The molecule has 0 aliphatic rings. The highest BCUT2D eigenvalue weighted by molar-refractivity contribution is 5.47. The van der Waals surface area contributed by atoms with Gasteiger partial charge in [-0.3, -0.25) is 0 Å². The van der Waals surface area contributed by atoms with Gasteiger partial charge in [0.2, 0.25) is 0 Å². The first-order chi connectivity index (χ1) is 10.9. The maximum Gasteiger partial charge on any atom is 0.154 e. The molecule has 0 fully saturated rings. The van der Waals surface area contributed by atoms with Crippen LogP contribution < -0.4 is 0 Å². The zero-order valence-corrected chi connectivity index (χ0v) is 11.3. The molecule has 0 aliphatic carbocycles. The van der Waals surface area contributed by atoms with Crippen LogP contribution in [0.4, 0.5) is 0 Å². The Morgan fingerprint density at radius 3 is 1.73 bits per heavy atom. The van der Waals surface area contributed by atoms with Crippen LogP contribution in [-0.4, -0.2) is 29.2 Å². The number of hydrogen-bond acceptors (Lipinski definition) is 4. The summed E-state index contributed by atoms with van der Waals surface area (Å²) in [6, 6.07) is 7.40. The van der Waals surface area contributed by atoms with Crippen LogP contribution in [0.1, 0.15) is 11.4 Å². The first kappa shape index (κ1) is 12.1. The lowest BCUT2D eigenvalue weighted by molar-refractivity contribution is 0.923. The van der Waals surface area contributed by atoms with Gasteiger partial charge in [0.05, 0.1) is 12.4 Å². The lowest BCUT2D eigenvalue weighted by Crippen LogP contribution is -1.92. The SMILES string of the molecule is C(C#Cc1cnc2cccnn12)#Cc1cnc2cccnn12. The van der Waals surface area contributed by atoms with Gasteiger partial charge in [-0.1, -0.05) is 0 Å². The van der Waals surface area contributed by atoms with Gasteiger partial charge in [0.1, 0.15) is 11.4 Å². The van der Waals surface area contributed by atoms with Crippen molar-refractivity contribution in [2.45, 2.75) is 0 Å². The molecule has 0 aliphatic heterocycles. The van der Waals surface area contributed by atoms with Crippen molar-refractivity contribution in [3.63, 3.8) is 0 Å². The first-order valence-corrected chi connectivity index (χ1v) is 6.51. The van der Waals surface area contributed by atoms with Crippen LogP contribution in [0.25, 0.3) is 11.3 Å². The molecular weight excluding hydrogens is 276 g/mol. The molecule has 102 valence electrons. The van der Waals surface area contributed by atoms with E-state index >= 15 is 0 Å². The number of imidazole rings is 2. The van der Waals surface area contributed by atoms with Crippen molar-refractivity contribution in [2.75, 3.05) is 0 Å². The minimum atomic E-state index is 0.696. The van der Waals surface area contributed by atoms with Gasteiger partial charge < -0.3 is 0 Å². The standard InChI is InChI=1S/C16H8N6/c1(5-13-11-17-15-7-3-9-19-21(13)15)2-6-14-12-18-16-8-4-10-20-22(14)16/h3-4,7-12H. The van der Waals surface area contributed by atoms with Crippen molar-refractivity contribution >= 4 is 11.3 Å². The zero-order valence-electron chi connectivity index (χ0n) is 11.3. The van der Waals surface area contributed by atoms with Crippen molar-refractivity contribution < 1.29 is 0 Å². The summed E-state index contributed by atoms with van der Waals surface area (Å²) in [6.07, 6.45) is 6.73. The van der Waals surface area contributed by atoms with E-state index in [1.54, 1.807) is 33.8 Å². The summed E-state index contributed by atoms with van der Waals surface area (Å²) < 4.78 is 3.34. The average Bonchev–Trinajstić information content (AvgIpc) is 3.16. The first-order valence-electron chi connectivity index (χ1n) is 6.51. The molecule has 4 aromatic heterocycles. The zero-order chi connectivity index (χ0) is 14.8. The molecular formula is C16H8N6. The van der Waals surface area contributed by atoms with Gasteiger partial charge in [-0.25, -0.2) is 19.0 Å². The van der Waals surface area contributed by atoms with Crippen LogP contribution in [0.3, 0.4) is 0 Å². The van der Waals surface area contributed by atoms with E-state index in [0.29, 0.717) is 11.4 Å². The molecule has 0 atom stereocenters. The molecule has 0 N–H and O–H groups in total. The maximum atomic E-state index is 4.21. The van der Waals surface area contributed by atoms with E-state index in [-0.39, 0.29) is 0 Å². The predicted octanol–water partition coefficient (Wildman–Crippen LogP) is 1.18. The highest BCUT2D eigenvalue weighted by atomic mass is 15.3. The van der Waals surface area contributed by atoms with Gasteiger partial charge in [0.15, 0.2) is 11.3 Å². The minimum Gasteiger partial charge on any atom is -0.234 e. The third-order valence-corrected chi connectivity index (χ3v) is 3.00. The van der Waals surface area contributed by atoms with Crippen LogP contribution in [0, 0.1) is 23.7 Å². The molecule has 4 rings (SSSR count). The van der Waals surface area contributed by atoms with E-state index in [1.165, 1.54) is 0 Å². The Morgan fingerprint density at radius 2 is 1.23 bits per heavy atom. The lowest BCUT2D eigenvalue weighted by atomic mass is 10.4. The third kappa shape index (κ3) is 2.05. The van der Waals surface area contributed by atoms with Gasteiger partial charge in [-0.05, 0) is 47.9 Å². The van der Waals surface area contributed by atoms with Crippen molar-refractivity contribution in [1.82, 2.24) is 29.2 Å². The molecule has 0 saturated heterocycles. The number of hydrogen-bond donors (Lipinski definition) is 0. The van der Waals surface area contributed by atoms with Crippen molar-refractivity contribution in [3.8, 4) is 23.7 Å².